The zero-order valence-corrected chi connectivity index (χ0v) is 21.7. The number of rotatable bonds is 9. The number of ether oxygens (including phenoxy) is 1. The number of amides is 1. The molecule has 0 bridgehead atoms. The van der Waals surface area contributed by atoms with E-state index < -0.39 is 5.60 Å². The first-order chi connectivity index (χ1) is 13.2. The molecule has 29 heavy (non-hydrogen) atoms. The van der Waals surface area contributed by atoms with Crippen LogP contribution < -0.4 is 16.0 Å². The van der Waals surface area contributed by atoms with Gasteiger partial charge in [-0.2, -0.15) is 0 Å². The number of alkyl carbamates (subject to hydrolysis) is 1. The van der Waals surface area contributed by atoms with Gasteiger partial charge in [-0.05, 0) is 66.5 Å². The fraction of sp³-hybridized carbons (Fsp3) is 0.905. The number of aliphatic imine (C=N–C) groups is 1. The zero-order chi connectivity index (χ0) is 21.0. The van der Waals surface area contributed by atoms with Crippen LogP contribution in [0.25, 0.3) is 0 Å². The van der Waals surface area contributed by atoms with Crippen LogP contribution in [0, 0.1) is 5.92 Å². The lowest BCUT2D eigenvalue weighted by atomic mass is 9.99. The fourth-order valence-corrected chi connectivity index (χ4v) is 3.35. The van der Waals surface area contributed by atoms with Crippen molar-refractivity contribution in [3.63, 3.8) is 0 Å². The number of carbonyl (C=O) groups excluding carboxylic acids is 1. The predicted octanol–water partition coefficient (Wildman–Crippen LogP) is 3.58. The van der Waals surface area contributed by atoms with Gasteiger partial charge in [-0.25, -0.2) is 4.79 Å². The summed E-state index contributed by atoms with van der Waals surface area (Å²) in [5, 5.41) is 9.76. The summed E-state index contributed by atoms with van der Waals surface area (Å²) in [6.07, 6.45) is 5.31. The summed E-state index contributed by atoms with van der Waals surface area (Å²) >= 11 is 0. The molecule has 8 heteroatoms. The van der Waals surface area contributed by atoms with E-state index in [1.165, 1.54) is 19.4 Å². The first-order valence-electron chi connectivity index (χ1n) is 10.9. The maximum atomic E-state index is 12.0. The fourth-order valence-electron chi connectivity index (χ4n) is 3.35. The molecule has 0 radical (unpaired) electrons. The Morgan fingerprint density at radius 3 is 2.59 bits per heavy atom. The number of likely N-dealkylation sites (tertiary alicyclic amines) is 1. The molecule has 0 aromatic heterocycles. The number of carbonyl (C=O) groups is 1. The first kappa shape index (κ1) is 28.2. The number of guanidine groups is 1. The van der Waals surface area contributed by atoms with Crippen LogP contribution in [0.3, 0.4) is 0 Å². The number of nitrogens with one attached hydrogen (secondary N) is 3. The summed E-state index contributed by atoms with van der Waals surface area (Å²) in [5.41, 5.74) is -0.486. The minimum atomic E-state index is -0.486. The van der Waals surface area contributed by atoms with Gasteiger partial charge in [-0.15, -0.1) is 24.0 Å². The first-order valence-corrected chi connectivity index (χ1v) is 10.9. The van der Waals surface area contributed by atoms with E-state index in [-0.39, 0.29) is 36.1 Å². The molecule has 0 aliphatic carbocycles. The van der Waals surface area contributed by atoms with Crippen molar-refractivity contribution >= 4 is 36.0 Å². The third-order valence-electron chi connectivity index (χ3n) is 4.71. The molecule has 172 valence electrons. The topological polar surface area (TPSA) is 78.0 Å². The Hall–Kier alpha value is -0.770. The minimum absolute atomic E-state index is 0. The van der Waals surface area contributed by atoms with Crippen molar-refractivity contribution in [3.05, 3.63) is 0 Å². The number of hydrogen-bond acceptors (Lipinski definition) is 4. The van der Waals surface area contributed by atoms with Gasteiger partial charge in [-0.1, -0.05) is 19.8 Å². The van der Waals surface area contributed by atoms with Crippen LogP contribution in [0.5, 0.6) is 0 Å². The molecule has 1 aliphatic heterocycles. The average Bonchev–Trinajstić information content (AvgIpc) is 2.60. The van der Waals surface area contributed by atoms with Gasteiger partial charge in [0.05, 0.1) is 0 Å². The molecule has 2 unspecified atom stereocenters. The van der Waals surface area contributed by atoms with Crippen molar-refractivity contribution in [2.45, 2.75) is 78.4 Å². The number of hydrogen-bond donors (Lipinski definition) is 3. The van der Waals surface area contributed by atoms with E-state index in [4.69, 9.17) is 9.73 Å². The molecule has 1 fully saturated rings. The summed E-state index contributed by atoms with van der Waals surface area (Å²) in [4.78, 5) is 19.2. The van der Waals surface area contributed by atoms with Crippen LogP contribution >= 0.6 is 24.0 Å². The Kier molecular flexibility index (Phi) is 14.7. The van der Waals surface area contributed by atoms with Gasteiger partial charge in [0.1, 0.15) is 5.60 Å². The van der Waals surface area contributed by atoms with E-state index >= 15 is 0 Å². The number of halogens is 1. The number of piperidine rings is 1. The molecule has 3 N–H and O–H groups in total. The number of nitrogens with zero attached hydrogens (tertiary/aromatic N) is 2. The third-order valence-corrected chi connectivity index (χ3v) is 4.71. The lowest BCUT2D eigenvalue weighted by Gasteiger charge is -2.29. The van der Waals surface area contributed by atoms with E-state index in [9.17, 15) is 4.79 Å². The van der Waals surface area contributed by atoms with Gasteiger partial charge in [0.25, 0.3) is 0 Å². The normalized spacial score (nSPS) is 19.1. The lowest BCUT2D eigenvalue weighted by molar-refractivity contribution is 0.0522. The highest BCUT2D eigenvalue weighted by Gasteiger charge is 2.19. The van der Waals surface area contributed by atoms with E-state index in [0.29, 0.717) is 12.5 Å². The Labute approximate surface area is 195 Å². The lowest BCUT2D eigenvalue weighted by Crippen LogP contribution is -2.49. The molecular formula is C21H44IN5O2. The number of unbranched alkanes of at least 4 members (excludes halogenated alkanes) is 1. The van der Waals surface area contributed by atoms with Crippen LogP contribution in [-0.4, -0.2) is 68.4 Å². The van der Waals surface area contributed by atoms with E-state index in [1.807, 2.05) is 20.8 Å². The highest BCUT2D eigenvalue weighted by molar-refractivity contribution is 14.0. The highest BCUT2D eigenvalue weighted by atomic mass is 127. The van der Waals surface area contributed by atoms with Crippen molar-refractivity contribution in [2.24, 2.45) is 10.9 Å². The standard InChI is InChI=1S/C21H43N5O2.HI/c1-7-9-12-18(15-24-20(27)28-21(3,4)5)25-19(22-8-2)23-14-17-11-10-13-26(6)16-17;/h17-18H,7-16H2,1-6H3,(H,24,27)(H2,22,23,25);1H. The quantitative estimate of drug-likeness (QED) is 0.244. The van der Waals surface area contributed by atoms with E-state index in [1.54, 1.807) is 0 Å². The predicted molar refractivity (Wildman–Crippen MR) is 132 cm³/mol. The SMILES string of the molecule is CCCCC(CNC(=O)OC(C)(C)C)NC(=NCC1CCCN(C)C1)NCC.I. The Morgan fingerprint density at radius 1 is 1.28 bits per heavy atom. The summed E-state index contributed by atoms with van der Waals surface area (Å²) in [6, 6.07) is 0.124. The van der Waals surface area contributed by atoms with Crippen molar-refractivity contribution in [1.82, 2.24) is 20.9 Å². The maximum Gasteiger partial charge on any atom is 0.407 e. The van der Waals surface area contributed by atoms with Crippen LogP contribution in [0.4, 0.5) is 4.79 Å². The van der Waals surface area contributed by atoms with Gasteiger partial charge in [-0.3, -0.25) is 4.99 Å². The molecule has 2 atom stereocenters. The maximum absolute atomic E-state index is 12.0. The van der Waals surface area contributed by atoms with E-state index in [2.05, 4.69) is 41.7 Å². The van der Waals surface area contributed by atoms with Gasteiger partial charge in [0.2, 0.25) is 0 Å². The van der Waals surface area contributed by atoms with Crippen molar-refractivity contribution < 1.29 is 9.53 Å². The summed E-state index contributed by atoms with van der Waals surface area (Å²) < 4.78 is 5.35. The second-order valence-electron chi connectivity index (χ2n) is 8.86. The second kappa shape index (κ2) is 15.1. The van der Waals surface area contributed by atoms with Crippen LogP contribution in [0.1, 0.15) is 66.7 Å². The van der Waals surface area contributed by atoms with Crippen molar-refractivity contribution in [3.8, 4) is 0 Å². The molecule has 0 aromatic rings. The van der Waals surface area contributed by atoms with Crippen LogP contribution in [0.15, 0.2) is 4.99 Å². The molecule has 0 saturated carbocycles. The molecule has 1 aliphatic rings. The third kappa shape index (κ3) is 14.0. The molecule has 7 nitrogen and oxygen atoms in total. The Balaban J connectivity index is 0.00000784. The Morgan fingerprint density at radius 2 is 2.00 bits per heavy atom. The minimum Gasteiger partial charge on any atom is -0.444 e. The van der Waals surface area contributed by atoms with E-state index in [0.717, 1.165) is 44.9 Å². The Bertz CT molecular complexity index is 482. The largest absolute Gasteiger partial charge is 0.444 e. The molecule has 1 rings (SSSR count). The van der Waals surface area contributed by atoms with Gasteiger partial charge >= 0.3 is 6.09 Å². The summed E-state index contributed by atoms with van der Waals surface area (Å²) in [5.74, 6) is 1.45. The van der Waals surface area contributed by atoms with Gasteiger partial charge < -0.3 is 25.6 Å². The highest BCUT2D eigenvalue weighted by Crippen LogP contribution is 2.15. The van der Waals surface area contributed by atoms with Crippen molar-refractivity contribution in [2.75, 3.05) is 39.8 Å². The second-order valence-corrected chi connectivity index (χ2v) is 8.86. The van der Waals surface area contributed by atoms with Crippen LogP contribution in [0.2, 0.25) is 0 Å². The molecule has 0 spiro atoms. The van der Waals surface area contributed by atoms with Crippen LogP contribution in [-0.2, 0) is 4.74 Å². The van der Waals surface area contributed by atoms with Gasteiger partial charge in [0, 0.05) is 32.2 Å². The van der Waals surface area contributed by atoms with Gasteiger partial charge in [0.15, 0.2) is 5.96 Å². The van der Waals surface area contributed by atoms with Crippen molar-refractivity contribution in [1.29, 1.82) is 0 Å². The summed E-state index contributed by atoms with van der Waals surface area (Å²) in [6.45, 7) is 14.3. The smallest absolute Gasteiger partial charge is 0.407 e. The monoisotopic (exact) mass is 525 g/mol. The zero-order valence-electron chi connectivity index (χ0n) is 19.3. The average molecular weight is 526 g/mol. The molecule has 1 amide bonds. The molecular weight excluding hydrogens is 481 g/mol. The molecule has 1 saturated heterocycles. The molecule has 0 aromatic carbocycles. The molecule has 1 heterocycles. The summed E-state index contributed by atoms with van der Waals surface area (Å²) in [7, 11) is 2.18.